The van der Waals surface area contributed by atoms with E-state index in [2.05, 4.69) is 6.58 Å². The first-order valence-electron chi connectivity index (χ1n) is 2.92. The predicted molar refractivity (Wildman–Crippen MR) is 46.8 cm³/mol. The molecule has 0 bridgehead atoms. The minimum atomic E-state index is -4.55. The molecule has 0 fully saturated rings. The average molecular weight is 248 g/mol. The summed E-state index contributed by atoms with van der Waals surface area (Å²) in [7, 11) is -9.10. The summed E-state index contributed by atoms with van der Waals surface area (Å²) in [6, 6.07) is 0. The van der Waals surface area contributed by atoms with Crippen molar-refractivity contribution >= 4 is 21.2 Å². The van der Waals surface area contributed by atoms with Crippen LogP contribution in [0.3, 0.4) is 0 Å². The molecule has 0 amide bonds. The van der Waals surface area contributed by atoms with E-state index in [9.17, 15) is 13.9 Å². The Bertz CT molecular complexity index is 264. The molecule has 5 N–H and O–H groups in total. The third kappa shape index (κ3) is 22.5. The molecule has 0 aliphatic rings. The van der Waals surface area contributed by atoms with Gasteiger partial charge in [-0.05, 0) is 0 Å². The molecule has 0 heterocycles. The highest BCUT2D eigenvalue weighted by Crippen LogP contribution is 2.51. The Kier molecular flexibility index (Phi) is 6.93. The van der Waals surface area contributed by atoms with E-state index in [4.69, 9.17) is 24.7 Å². The summed E-state index contributed by atoms with van der Waals surface area (Å²) in [4.78, 5) is 41.1. The lowest BCUT2D eigenvalue weighted by Crippen LogP contribution is -1.88. The van der Waals surface area contributed by atoms with Crippen LogP contribution in [0.4, 0.5) is 0 Å². The van der Waals surface area contributed by atoms with Gasteiger partial charge in [0.1, 0.15) is 0 Å². The highest BCUT2D eigenvalue weighted by atomic mass is 31.2. The van der Waals surface area contributed by atoms with Crippen molar-refractivity contribution in [1.82, 2.24) is 0 Å². The molecule has 0 aliphatic heterocycles. The number of aliphatic carboxylic acids is 1. The number of rotatable bonds is 3. The molecule has 0 aromatic rings. The summed E-state index contributed by atoms with van der Waals surface area (Å²) in [6.45, 7) is 2.96. The van der Waals surface area contributed by atoms with Gasteiger partial charge in [-0.2, -0.15) is 0 Å². The molecule has 84 valence electrons. The van der Waals surface area contributed by atoms with Crippen molar-refractivity contribution in [3.8, 4) is 0 Å². The monoisotopic (exact) mass is 248 g/mol. The maximum absolute atomic E-state index is 9.85. The largest absolute Gasteiger partial charge is 0.478 e. The number of carboxylic acids is 1. The van der Waals surface area contributed by atoms with E-state index in [1.165, 1.54) is 0 Å². The predicted octanol–water partition coefficient (Wildman–Crippen LogP) is -0.444. The second-order valence-corrected chi connectivity index (χ2v) is 5.80. The van der Waals surface area contributed by atoms with Crippen molar-refractivity contribution in [1.29, 1.82) is 0 Å². The minimum absolute atomic E-state index is 0.833. The van der Waals surface area contributed by atoms with Crippen LogP contribution in [0.1, 0.15) is 0 Å². The van der Waals surface area contributed by atoms with E-state index in [1.807, 2.05) is 0 Å². The third-order valence-electron chi connectivity index (χ3n) is 0.543. The van der Waals surface area contributed by atoms with E-state index in [0.29, 0.717) is 0 Å². The summed E-state index contributed by atoms with van der Waals surface area (Å²) < 4.78 is 19.7. The summed E-state index contributed by atoms with van der Waals surface area (Å²) in [5, 5.41) is 7.60. The molecular formula is C4H10O8P2. The first kappa shape index (κ1) is 16.0. The van der Waals surface area contributed by atoms with E-state index in [1.54, 1.807) is 0 Å². The maximum Gasteiger partial charge on any atom is 0.337 e. The molecule has 0 aromatic carbocycles. The molecular weight excluding hydrogens is 238 g/mol. The van der Waals surface area contributed by atoms with Gasteiger partial charge in [-0.15, -0.1) is 0 Å². The van der Waals surface area contributed by atoms with Gasteiger partial charge in [0, 0.05) is 6.08 Å². The second-order valence-electron chi connectivity index (χ2n) is 2.01. The molecule has 0 radical (unpaired) electrons. The van der Waals surface area contributed by atoms with Gasteiger partial charge in [-0.1, -0.05) is 6.58 Å². The lowest BCUT2D eigenvalue weighted by atomic mass is 10.7. The fourth-order valence-corrected chi connectivity index (χ4v) is 2.16. The molecule has 0 spiro atoms. The summed E-state index contributed by atoms with van der Waals surface area (Å²) in [6.07, 6.45) is 0.833. The molecule has 0 rings (SSSR count). The van der Waals surface area contributed by atoms with Gasteiger partial charge < -0.3 is 24.7 Å². The maximum atomic E-state index is 9.85. The van der Waals surface area contributed by atoms with E-state index in [0.717, 1.165) is 6.08 Å². The van der Waals surface area contributed by atoms with Gasteiger partial charge in [0.15, 0.2) is 5.90 Å². The third-order valence-corrected chi connectivity index (χ3v) is 3.49. The Morgan fingerprint density at radius 1 is 1.14 bits per heavy atom. The van der Waals surface area contributed by atoms with Crippen LogP contribution in [0.5, 0.6) is 0 Å². The van der Waals surface area contributed by atoms with Gasteiger partial charge in [0.25, 0.3) is 0 Å². The lowest BCUT2D eigenvalue weighted by Gasteiger charge is -2.03. The topological polar surface area (TPSA) is 152 Å². The molecule has 0 aliphatic carbocycles. The number of carboxylic acid groups (broad SMARTS) is 1. The number of hydrogen-bond donors (Lipinski definition) is 5. The van der Waals surface area contributed by atoms with Crippen LogP contribution in [0.2, 0.25) is 0 Å². The van der Waals surface area contributed by atoms with Crippen molar-refractivity contribution < 1.29 is 38.6 Å². The van der Waals surface area contributed by atoms with Crippen LogP contribution in [-0.2, 0) is 13.9 Å². The van der Waals surface area contributed by atoms with Crippen molar-refractivity contribution in [3.63, 3.8) is 0 Å². The normalized spacial score (nSPS) is 11.1. The molecule has 10 heteroatoms. The van der Waals surface area contributed by atoms with Crippen LogP contribution >= 0.6 is 15.2 Å². The fraction of sp³-hybridized carbons (Fsp3) is 0.250. The first-order valence-corrected chi connectivity index (χ1v) is 6.52. The Hall–Kier alpha value is -0.490. The Morgan fingerprint density at radius 3 is 1.36 bits per heavy atom. The molecule has 0 saturated heterocycles. The van der Waals surface area contributed by atoms with Crippen molar-refractivity contribution in [2.75, 3.05) is 5.90 Å². The Labute approximate surface area is 79.2 Å². The van der Waals surface area contributed by atoms with Gasteiger partial charge in [0.05, 0.1) is 0 Å². The SMILES string of the molecule is C=CC(=O)O.O=P(O)(O)CP(=O)(O)O. The molecule has 0 unspecified atom stereocenters. The second kappa shape index (κ2) is 6.08. The van der Waals surface area contributed by atoms with Gasteiger partial charge in [-0.3, -0.25) is 9.13 Å². The zero-order valence-corrected chi connectivity index (χ0v) is 8.64. The van der Waals surface area contributed by atoms with Crippen LogP contribution in [0, 0.1) is 0 Å². The van der Waals surface area contributed by atoms with Crippen LogP contribution in [0.15, 0.2) is 12.7 Å². The molecule has 0 aromatic heterocycles. The van der Waals surface area contributed by atoms with Crippen molar-refractivity contribution in [2.24, 2.45) is 0 Å². The van der Waals surface area contributed by atoms with Crippen LogP contribution in [-0.4, -0.2) is 36.6 Å². The van der Waals surface area contributed by atoms with E-state index in [-0.39, 0.29) is 0 Å². The Balaban J connectivity index is 0. The highest BCUT2D eigenvalue weighted by Gasteiger charge is 2.26. The molecule has 0 atom stereocenters. The minimum Gasteiger partial charge on any atom is -0.478 e. The Morgan fingerprint density at radius 2 is 1.36 bits per heavy atom. The average Bonchev–Trinajstić information content (AvgIpc) is 1.80. The summed E-state index contributed by atoms with van der Waals surface area (Å²) in [5.74, 6) is -2.36. The zero-order chi connectivity index (χ0) is 12.0. The van der Waals surface area contributed by atoms with Crippen LogP contribution in [0.25, 0.3) is 0 Å². The zero-order valence-electron chi connectivity index (χ0n) is 6.85. The summed E-state index contributed by atoms with van der Waals surface area (Å²) in [5.41, 5.74) is 0. The first-order chi connectivity index (χ1) is 5.98. The molecule has 8 nitrogen and oxygen atoms in total. The summed E-state index contributed by atoms with van der Waals surface area (Å²) >= 11 is 0. The fourth-order valence-electron chi connectivity index (χ4n) is 0.240. The number of hydrogen-bond acceptors (Lipinski definition) is 3. The smallest absolute Gasteiger partial charge is 0.337 e. The lowest BCUT2D eigenvalue weighted by molar-refractivity contribution is -0.131. The van der Waals surface area contributed by atoms with Crippen molar-refractivity contribution in [2.45, 2.75) is 0 Å². The quantitative estimate of drug-likeness (QED) is 0.332. The molecule has 0 saturated carbocycles. The van der Waals surface area contributed by atoms with E-state index >= 15 is 0 Å². The number of carbonyl (C=O) groups is 1. The molecule has 14 heavy (non-hydrogen) atoms. The van der Waals surface area contributed by atoms with Gasteiger partial charge in [0.2, 0.25) is 0 Å². The highest BCUT2D eigenvalue weighted by molar-refractivity contribution is 7.69. The van der Waals surface area contributed by atoms with Crippen LogP contribution < -0.4 is 0 Å². The van der Waals surface area contributed by atoms with E-state index < -0.39 is 27.1 Å². The van der Waals surface area contributed by atoms with Gasteiger partial charge in [-0.25, -0.2) is 4.79 Å². The standard InChI is InChI=1S/C3H4O2.CH6O6P2/c1-2-3(4)5;2-8(3,4)1-9(5,6)7/h2H,1H2,(H,4,5);1H2,(H2,2,3,4)(H2,5,6,7). The van der Waals surface area contributed by atoms with Crippen molar-refractivity contribution in [3.05, 3.63) is 12.7 Å². The van der Waals surface area contributed by atoms with Gasteiger partial charge >= 0.3 is 21.2 Å².